The van der Waals surface area contributed by atoms with Crippen LogP contribution in [0.15, 0.2) is 0 Å². The van der Waals surface area contributed by atoms with E-state index in [1.165, 1.54) is 58.1 Å². The van der Waals surface area contributed by atoms with Crippen LogP contribution in [0.5, 0.6) is 0 Å². The van der Waals surface area contributed by atoms with Gasteiger partial charge in [-0.2, -0.15) is 0 Å². The number of aliphatic hydroxyl groups is 1. The highest BCUT2D eigenvalue weighted by molar-refractivity contribution is 7.84. The summed E-state index contributed by atoms with van der Waals surface area (Å²) in [5.74, 6) is -4.06. The average Bonchev–Trinajstić information content (AvgIpc) is 3.41. The number of hydrogen-bond donors (Lipinski definition) is 10. The summed E-state index contributed by atoms with van der Waals surface area (Å²) in [4.78, 5) is 106. The monoisotopic (exact) mass is 1180 g/mol. The number of ketones is 2. The molecule has 0 heterocycles. The SMILES string of the molecule is CCOCC(=O)NCCOCCOCC(=O)NCCCC[C@H](CC)C(=O)CN[C@@H](CCS(C)=O)C(=O)NN[C@H](C(N)=O)[C@@H](C)O.CCOCCCC(=O)CC[C@H](NC(=O)CCCCCCCCCCCCCCCCC(=O)O)C(=O)O. The van der Waals surface area contributed by atoms with E-state index in [-0.39, 0.29) is 99.6 Å². The van der Waals surface area contributed by atoms with Crippen molar-refractivity contribution in [1.82, 2.24) is 32.1 Å². The first kappa shape index (κ1) is 78.6. The summed E-state index contributed by atoms with van der Waals surface area (Å²) in [5.41, 5.74) is 9.97. The Balaban J connectivity index is 0. The molecule has 81 heavy (non-hydrogen) atoms. The zero-order valence-corrected chi connectivity index (χ0v) is 50.4. The van der Waals surface area contributed by atoms with Crippen LogP contribution in [0.25, 0.3) is 0 Å². The molecule has 0 fully saturated rings. The molecule has 0 aliphatic carbocycles. The molecule has 0 bridgehead atoms. The first-order chi connectivity index (χ1) is 38.8. The third kappa shape index (κ3) is 50.9. The Morgan fingerprint density at radius 2 is 1.12 bits per heavy atom. The lowest BCUT2D eigenvalue weighted by molar-refractivity contribution is -0.142. The van der Waals surface area contributed by atoms with Gasteiger partial charge in [0.2, 0.25) is 23.6 Å². The predicted molar refractivity (Wildman–Crippen MR) is 309 cm³/mol. The number of aliphatic hydroxyl groups excluding tert-OH is 1. The lowest BCUT2D eigenvalue weighted by atomic mass is 9.94. The second-order valence-corrected chi connectivity index (χ2v) is 21.6. The molecule has 5 amide bonds. The average molecular weight is 1180 g/mol. The van der Waals surface area contributed by atoms with Crippen LogP contribution in [-0.4, -0.2) is 181 Å². The van der Waals surface area contributed by atoms with Crippen molar-refractivity contribution in [2.45, 2.75) is 212 Å². The van der Waals surface area contributed by atoms with Crippen LogP contribution in [0.3, 0.4) is 0 Å². The molecule has 24 nitrogen and oxygen atoms in total. The second kappa shape index (κ2) is 54.7. The molecule has 0 aromatic rings. The van der Waals surface area contributed by atoms with E-state index >= 15 is 0 Å². The van der Waals surface area contributed by atoms with Crippen LogP contribution in [-0.2, 0) is 72.9 Å². The van der Waals surface area contributed by atoms with Crippen LogP contribution in [0.1, 0.15) is 188 Å². The van der Waals surface area contributed by atoms with Gasteiger partial charge in [0.25, 0.3) is 5.91 Å². The lowest BCUT2D eigenvalue weighted by Gasteiger charge is -2.23. The van der Waals surface area contributed by atoms with E-state index in [0.29, 0.717) is 84.5 Å². The number of carbonyl (C=O) groups excluding carboxylic acids is 7. The zero-order chi connectivity index (χ0) is 60.9. The predicted octanol–water partition coefficient (Wildman–Crippen LogP) is 3.68. The number of unbranched alkanes of at least 4 members (excludes halogenated alkanes) is 14. The number of carboxylic acids is 2. The number of hydrazine groups is 1. The van der Waals surface area contributed by atoms with Gasteiger partial charge < -0.3 is 56.0 Å². The second-order valence-electron chi connectivity index (χ2n) is 20.0. The Morgan fingerprint density at radius 1 is 0.568 bits per heavy atom. The zero-order valence-electron chi connectivity index (χ0n) is 49.6. The highest BCUT2D eigenvalue weighted by Crippen LogP contribution is 2.16. The van der Waals surface area contributed by atoms with Gasteiger partial charge in [0.1, 0.15) is 36.9 Å². The molecule has 0 rings (SSSR count). The molecule has 6 atom stereocenters. The molecule has 25 heteroatoms. The number of nitrogens with one attached hydrogen (secondary N) is 6. The summed E-state index contributed by atoms with van der Waals surface area (Å²) >= 11 is 0. The van der Waals surface area contributed by atoms with Gasteiger partial charge in [0.05, 0.1) is 38.5 Å². The first-order valence-electron chi connectivity index (χ1n) is 29.5. The number of primary amides is 1. The highest BCUT2D eigenvalue weighted by Gasteiger charge is 2.26. The molecule has 0 saturated heterocycles. The molecule has 0 aliphatic heterocycles. The van der Waals surface area contributed by atoms with Gasteiger partial charge in [0, 0.05) is 87.3 Å². The normalized spacial score (nSPS) is 13.3. The Labute approximate surface area is 484 Å². The van der Waals surface area contributed by atoms with E-state index in [1.807, 2.05) is 20.8 Å². The van der Waals surface area contributed by atoms with Gasteiger partial charge in [-0.25, -0.2) is 10.2 Å². The molecule has 11 N–H and O–H groups in total. The molecule has 0 aromatic carbocycles. The third-order valence-corrected chi connectivity index (χ3v) is 13.7. The molecule has 472 valence electrons. The number of ether oxygens (including phenoxy) is 4. The number of carboxylic acid groups (broad SMARTS) is 2. The molecule has 0 aromatic heterocycles. The highest BCUT2D eigenvalue weighted by atomic mass is 32.2. The summed E-state index contributed by atoms with van der Waals surface area (Å²) in [7, 11) is -1.17. The van der Waals surface area contributed by atoms with E-state index in [9.17, 15) is 57.6 Å². The van der Waals surface area contributed by atoms with E-state index in [2.05, 4.69) is 32.1 Å². The van der Waals surface area contributed by atoms with Gasteiger partial charge in [0.15, 0.2) is 0 Å². The van der Waals surface area contributed by atoms with Crippen molar-refractivity contribution in [1.29, 1.82) is 0 Å². The van der Waals surface area contributed by atoms with Crippen LogP contribution < -0.4 is 37.9 Å². The van der Waals surface area contributed by atoms with Crippen LogP contribution in [0.2, 0.25) is 0 Å². The van der Waals surface area contributed by atoms with Gasteiger partial charge in [-0.05, 0) is 72.1 Å². The smallest absolute Gasteiger partial charge is 0.326 e. The van der Waals surface area contributed by atoms with Crippen LogP contribution in [0, 0.1) is 5.92 Å². The fourth-order valence-corrected chi connectivity index (χ4v) is 8.64. The molecule has 0 aliphatic rings. The van der Waals surface area contributed by atoms with Crippen molar-refractivity contribution in [3.63, 3.8) is 0 Å². The minimum atomic E-state index is -1.21. The fourth-order valence-electron chi connectivity index (χ4n) is 8.08. The summed E-state index contributed by atoms with van der Waals surface area (Å²) < 4.78 is 32.4. The van der Waals surface area contributed by atoms with E-state index in [4.69, 9.17) is 29.8 Å². The maximum atomic E-state index is 12.9. The summed E-state index contributed by atoms with van der Waals surface area (Å²) in [6, 6.07) is -3.08. The Hall–Kier alpha value is -4.50. The van der Waals surface area contributed by atoms with Crippen molar-refractivity contribution >= 4 is 63.8 Å². The fraction of sp³-hybridized carbons (Fsp3) is 0.839. The Bertz CT molecular complexity index is 1750. The summed E-state index contributed by atoms with van der Waals surface area (Å²) in [6.45, 7) is 10.0. The molecule has 1 unspecified atom stereocenters. The topological polar surface area (TPSA) is 367 Å². The molecule has 0 spiro atoms. The van der Waals surface area contributed by atoms with Crippen molar-refractivity contribution in [2.75, 3.05) is 84.5 Å². The molecule has 0 saturated carbocycles. The summed E-state index contributed by atoms with van der Waals surface area (Å²) in [6.07, 6.45) is 20.6. The van der Waals surface area contributed by atoms with Gasteiger partial charge in [-0.3, -0.25) is 53.3 Å². The molecule has 0 radical (unpaired) electrons. The number of rotatable bonds is 56. The van der Waals surface area contributed by atoms with E-state index < -0.39 is 58.8 Å². The Morgan fingerprint density at radius 3 is 1.65 bits per heavy atom. The first-order valence-corrected chi connectivity index (χ1v) is 31.2. The number of Topliss-reactive ketones (excluding diaryl/α,β-unsaturated/α-hetero) is 2. The number of nitrogens with two attached hydrogens (primary N) is 1. The van der Waals surface area contributed by atoms with Gasteiger partial charge in [-0.15, -0.1) is 0 Å². The largest absolute Gasteiger partial charge is 0.481 e. The van der Waals surface area contributed by atoms with Crippen LogP contribution in [0.4, 0.5) is 0 Å². The lowest BCUT2D eigenvalue weighted by Crippen LogP contribution is -2.58. The minimum absolute atomic E-state index is 0.000154. The number of amides is 5. The van der Waals surface area contributed by atoms with Gasteiger partial charge in [-0.1, -0.05) is 90.4 Å². The van der Waals surface area contributed by atoms with Crippen molar-refractivity contribution in [3.05, 3.63) is 0 Å². The van der Waals surface area contributed by atoms with Crippen molar-refractivity contribution in [2.24, 2.45) is 11.7 Å². The maximum Gasteiger partial charge on any atom is 0.326 e. The number of aliphatic carboxylic acids is 2. The van der Waals surface area contributed by atoms with Crippen LogP contribution >= 0.6 is 0 Å². The maximum absolute atomic E-state index is 12.9. The van der Waals surface area contributed by atoms with Crippen molar-refractivity contribution < 1.29 is 81.6 Å². The van der Waals surface area contributed by atoms with E-state index in [0.717, 1.165) is 44.9 Å². The quantitative estimate of drug-likeness (QED) is 0.0307. The molecular formula is C56H105N7O17S. The third-order valence-electron chi connectivity index (χ3n) is 12.9. The van der Waals surface area contributed by atoms with Gasteiger partial charge >= 0.3 is 11.9 Å². The Kier molecular flexibility index (Phi) is 53.1. The number of carbonyl (C=O) groups is 9. The minimum Gasteiger partial charge on any atom is -0.481 e. The molecular weight excluding hydrogens is 1070 g/mol. The van der Waals surface area contributed by atoms with Crippen molar-refractivity contribution in [3.8, 4) is 0 Å². The number of hydrogen-bond acceptors (Lipinski definition) is 17. The summed E-state index contributed by atoms with van der Waals surface area (Å²) in [5, 5.41) is 38.5. The standard InChI is InChI=1S/C28H54N6O10S.C28H51NO7/c1-5-21(9-7-8-11-30-25(38)19-44-15-14-43-13-12-31-24(37)18-42-6-2)23(36)17-32-22(10-16-45(4)41)28(40)34-33-26(20(3)35)27(29)39;1-2-36-23-17-18-24(30)21-22-25(28(34)35)29-26(31)19-15-13-11-9-7-5-3-4-6-8-10-12-14-16-20-27(32)33/h20-22,26,32-33,35H,5-19H2,1-4H3,(H2,29,39)(H,30,38)(H,31,37)(H,34,40);25H,2-23H2,1H3,(H,29,31)(H,32,33)(H,34,35)/t20-,21+,22+,26+,45?;25-/m10/s1. The van der Waals surface area contributed by atoms with E-state index in [1.54, 1.807) is 0 Å².